The Bertz CT molecular complexity index is 828. The number of nitrogens with one attached hydrogen (secondary N) is 1. The van der Waals surface area contributed by atoms with Crippen molar-refractivity contribution >= 4 is 17.5 Å². The number of hydrogen-bond donors (Lipinski definition) is 1. The molecule has 1 unspecified atom stereocenters. The zero-order chi connectivity index (χ0) is 19.3. The number of rotatable bonds is 5. The molecule has 1 saturated heterocycles. The van der Waals surface area contributed by atoms with E-state index in [1.54, 1.807) is 0 Å². The Morgan fingerprint density at radius 1 is 0.964 bits per heavy atom. The minimum atomic E-state index is -0.243. The maximum Gasteiger partial charge on any atom is 0.229 e. The fourth-order valence-corrected chi connectivity index (χ4v) is 4.49. The minimum Gasteiger partial charge on any atom is -0.339 e. The smallest absolute Gasteiger partial charge is 0.229 e. The van der Waals surface area contributed by atoms with E-state index in [0.29, 0.717) is 19.0 Å². The SMILES string of the molecule is O=C(Nc1cccc(Cc2ccccc2)c1)C1CC(=O)N(C2CCCCC2)C1. The van der Waals surface area contributed by atoms with Crippen LogP contribution in [0.4, 0.5) is 5.69 Å². The van der Waals surface area contributed by atoms with Gasteiger partial charge in [-0.1, -0.05) is 61.7 Å². The fraction of sp³-hybridized carbons (Fsp3) is 0.417. The lowest BCUT2D eigenvalue weighted by atomic mass is 9.94. The first-order valence-electron chi connectivity index (χ1n) is 10.4. The van der Waals surface area contributed by atoms with Crippen molar-refractivity contribution in [3.05, 3.63) is 65.7 Å². The van der Waals surface area contributed by atoms with Crippen LogP contribution in [0.2, 0.25) is 0 Å². The first-order chi connectivity index (χ1) is 13.7. The van der Waals surface area contributed by atoms with Gasteiger partial charge in [-0.3, -0.25) is 9.59 Å². The topological polar surface area (TPSA) is 49.4 Å². The molecule has 2 amide bonds. The van der Waals surface area contributed by atoms with Gasteiger partial charge in [-0.25, -0.2) is 0 Å². The number of nitrogens with zero attached hydrogens (tertiary/aromatic N) is 1. The van der Waals surface area contributed by atoms with Crippen LogP contribution in [0.5, 0.6) is 0 Å². The van der Waals surface area contributed by atoms with Crippen LogP contribution in [-0.2, 0) is 16.0 Å². The molecule has 1 aliphatic carbocycles. The lowest BCUT2D eigenvalue weighted by molar-refractivity contribution is -0.130. The van der Waals surface area contributed by atoms with E-state index in [4.69, 9.17) is 0 Å². The van der Waals surface area contributed by atoms with Crippen molar-refractivity contribution in [2.24, 2.45) is 5.92 Å². The van der Waals surface area contributed by atoms with Crippen molar-refractivity contribution in [1.82, 2.24) is 4.90 Å². The Morgan fingerprint density at radius 3 is 2.50 bits per heavy atom. The highest BCUT2D eigenvalue weighted by molar-refractivity contribution is 5.97. The zero-order valence-corrected chi connectivity index (χ0v) is 16.3. The van der Waals surface area contributed by atoms with E-state index in [1.165, 1.54) is 24.8 Å². The van der Waals surface area contributed by atoms with E-state index < -0.39 is 0 Å². The second kappa shape index (κ2) is 8.59. The second-order valence-corrected chi connectivity index (χ2v) is 8.09. The first kappa shape index (κ1) is 18.7. The average Bonchev–Trinajstić information content (AvgIpc) is 3.12. The summed E-state index contributed by atoms with van der Waals surface area (Å²) in [7, 11) is 0. The molecule has 1 aliphatic heterocycles. The lowest BCUT2D eigenvalue weighted by Gasteiger charge is -2.31. The molecule has 4 heteroatoms. The number of carbonyl (C=O) groups excluding carboxylic acids is 2. The third kappa shape index (κ3) is 4.44. The minimum absolute atomic E-state index is 0.0384. The quantitative estimate of drug-likeness (QED) is 0.841. The third-order valence-electron chi connectivity index (χ3n) is 5.99. The van der Waals surface area contributed by atoms with Crippen LogP contribution in [0.3, 0.4) is 0 Å². The van der Waals surface area contributed by atoms with Crippen LogP contribution in [0.1, 0.15) is 49.7 Å². The van der Waals surface area contributed by atoms with Gasteiger partial charge in [0.2, 0.25) is 11.8 Å². The Kier molecular flexibility index (Phi) is 5.75. The number of hydrogen-bond acceptors (Lipinski definition) is 2. The second-order valence-electron chi connectivity index (χ2n) is 8.09. The Balaban J connectivity index is 1.37. The monoisotopic (exact) mass is 376 g/mol. The standard InChI is InChI=1S/C24H28N2O2/c27-23-16-20(17-26(23)22-12-5-2-6-13-22)24(28)25-21-11-7-10-19(15-21)14-18-8-3-1-4-9-18/h1,3-4,7-11,15,20,22H,2,5-6,12-14,16-17H2,(H,25,28). The van der Waals surface area contributed by atoms with Gasteiger partial charge in [0.05, 0.1) is 5.92 Å². The molecule has 0 aromatic heterocycles. The lowest BCUT2D eigenvalue weighted by Crippen LogP contribution is -2.38. The van der Waals surface area contributed by atoms with E-state index in [9.17, 15) is 9.59 Å². The van der Waals surface area contributed by atoms with Gasteiger partial charge in [0.15, 0.2) is 0 Å². The zero-order valence-electron chi connectivity index (χ0n) is 16.3. The summed E-state index contributed by atoms with van der Waals surface area (Å²) < 4.78 is 0. The number of benzene rings is 2. The molecular weight excluding hydrogens is 348 g/mol. The Hall–Kier alpha value is -2.62. The van der Waals surface area contributed by atoms with Gasteiger partial charge < -0.3 is 10.2 Å². The van der Waals surface area contributed by atoms with Crippen molar-refractivity contribution in [3.63, 3.8) is 0 Å². The molecule has 1 heterocycles. The third-order valence-corrected chi connectivity index (χ3v) is 5.99. The maximum absolute atomic E-state index is 12.8. The summed E-state index contributed by atoms with van der Waals surface area (Å²) in [6.45, 7) is 0.568. The summed E-state index contributed by atoms with van der Waals surface area (Å²) >= 11 is 0. The number of carbonyl (C=O) groups is 2. The van der Waals surface area contributed by atoms with E-state index >= 15 is 0 Å². The van der Waals surface area contributed by atoms with Crippen molar-refractivity contribution in [2.45, 2.75) is 51.0 Å². The predicted octanol–water partition coefficient (Wildman–Crippen LogP) is 4.40. The molecule has 0 radical (unpaired) electrons. The van der Waals surface area contributed by atoms with Crippen molar-refractivity contribution in [3.8, 4) is 0 Å². The fourth-order valence-electron chi connectivity index (χ4n) is 4.49. The summed E-state index contributed by atoms with van der Waals surface area (Å²) in [5.74, 6) is -0.138. The summed E-state index contributed by atoms with van der Waals surface area (Å²) in [5.41, 5.74) is 3.22. The van der Waals surface area contributed by atoms with Gasteiger partial charge in [0.1, 0.15) is 0 Å². The highest BCUT2D eigenvalue weighted by Gasteiger charge is 2.38. The van der Waals surface area contributed by atoms with E-state index in [0.717, 1.165) is 30.5 Å². The molecule has 2 fully saturated rings. The van der Waals surface area contributed by atoms with E-state index in [2.05, 4.69) is 23.5 Å². The molecule has 2 aromatic carbocycles. The van der Waals surface area contributed by atoms with Crippen LogP contribution < -0.4 is 5.32 Å². The Labute approximate surface area is 166 Å². The largest absolute Gasteiger partial charge is 0.339 e. The van der Waals surface area contributed by atoms with Gasteiger partial charge in [-0.05, 0) is 42.5 Å². The highest BCUT2D eigenvalue weighted by atomic mass is 16.2. The molecule has 1 saturated carbocycles. The van der Waals surface area contributed by atoms with Crippen LogP contribution in [0, 0.1) is 5.92 Å². The predicted molar refractivity (Wildman–Crippen MR) is 111 cm³/mol. The molecule has 28 heavy (non-hydrogen) atoms. The van der Waals surface area contributed by atoms with E-state index in [1.807, 2.05) is 41.3 Å². The average molecular weight is 377 g/mol. The van der Waals surface area contributed by atoms with Gasteiger partial charge >= 0.3 is 0 Å². The number of amides is 2. The summed E-state index contributed by atoms with van der Waals surface area (Å²) in [4.78, 5) is 27.2. The molecular formula is C24H28N2O2. The first-order valence-corrected chi connectivity index (χ1v) is 10.4. The molecule has 0 bridgehead atoms. The normalized spacial score (nSPS) is 20.4. The summed E-state index contributed by atoms with van der Waals surface area (Å²) in [5, 5.41) is 3.04. The van der Waals surface area contributed by atoms with Crippen molar-refractivity contribution in [1.29, 1.82) is 0 Å². The number of anilines is 1. The summed E-state index contributed by atoms with van der Waals surface area (Å²) in [6, 6.07) is 18.6. The van der Waals surface area contributed by atoms with Crippen molar-refractivity contribution < 1.29 is 9.59 Å². The number of likely N-dealkylation sites (tertiary alicyclic amines) is 1. The van der Waals surface area contributed by atoms with Crippen LogP contribution in [0.25, 0.3) is 0 Å². The molecule has 146 valence electrons. The molecule has 4 nitrogen and oxygen atoms in total. The molecule has 2 aliphatic rings. The van der Waals surface area contributed by atoms with Crippen LogP contribution >= 0.6 is 0 Å². The van der Waals surface area contributed by atoms with Crippen LogP contribution in [-0.4, -0.2) is 29.3 Å². The molecule has 1 N–H and O–H groups in total. The summed E-state index contributed by atoms with van der Waals surface area (Å²) in [6.07, 6.45) is 7.00. The van der Waals surface area contributed by atoms with Crippen LogP contribution in [0.15, 0.2) is 54.6 Å². The molecule has 1 atom stereocenters. The molecule has 0 spiro atoms. The van der Waals surface area contributed by atoms with Gasteiger partial charge in [-0.15, -0.1) is 0 Å². The molecule has 2 aromatic rings. The van der Waals surface area contributed by atoms with Crippen molar-refractivity contribution in [2.75, 3.05) is 11.9 Å². The highest BCUT2D eigenvalue weighted by Crippen LogP contribution is 2.29. The van der Waals surface area contributed by atoms with Gasteiger partial charge in [0, 0.05) is 24.7 Å². The van der Waals surface area contributed by atoms with Gasteiger partial charge in [0.25, 0.3) is 0 Å². The van der Waals surface area contributed by atoms with E-state index in [-0.39, 0.29) is 17.7 Å². The van der Waals surface area contributed by atoms with Gasteiger partial charge in [-0.2, -0.15) is 0 Å². The maximum atomic E-state index is 12.8. The molecule has 4 rings (SSSR count). The Morgan fingerprint density at radius 2 is 1.71 bits per heavy atom.